The van der Waals surface area contributed by atoms with Gasteiger partial charge in [-0.25, -0.2) is 4.79 Å². The highest BCUT2D eigenvalue weighted by atomic mass is 32.2. The van der Waals surface area contributed by atoms with Gasteiger partial charge in [-0.15, -0.1) is 11.8 Å². The van der Waals surface area contributed by atoms with Crippen LogP contribution in [0.25, 0.3) is 17.0 Å². The lowest BCUT2D eigenvalue weighted by Crippen LogP contribution is -2.12. The highest BCUT2D eigenvalue weighted by Gasteiger charge is 2.08. The Hall–Kier alpha value is -2.92. The van der Waals surface area contributed by atoms with Gasteiger partial charge in [0, 0.05) is 33.7 Å². The lowest BCUT2D eigenvalue weighted by Gasteiger charge is -2.03. The van der Waals surface area contributed by atoms with E-state index in [2.05, 4.69) is 4.98 Å². The number of benzene rings is 2. The van der Waals surface area contributed by atoms with Crippen molar-refractivity contribution >= 4 is 40.5 Å². The number of pyridine rings is 1. The molecule has 0 fully saturated rings. The zero-order valence-corrected chi connectivity index (χ0v) is 15.0. The first-order valence-corrected chi connectivity index (χ1v) is 9.25. The maximum atomic E-state index is 12.1. The van der Waals surface area contributed by atoms with E-state index in [4.69, 9.17) is 4.74 Å². The molecule has 26 heavy (non-hydrogen) atoms. The number of ketones is 1. The molecule has 2 aromatic carbocycles. The van der Waals surface area contributed by atoms with Crippen molar-refractivity contribution in [1.82, 2.24) is 4.98 Å². The Kier molecular flexibility index (Phi) is 5.81. The zero-order chi connectivity index (χ0) is 18.4. The van der Waals surface area contributed by atoms with Gasteiger partial charge in [0.05, 0.1) is 5.52 Å². The third-order valence-electron chi connectivity index (χ3n) is 3.82. The Bertz CT molecular complexity index is 959. The topological polar surface area (TPSA) is 56.3 Å². The number of para-hydroxylation sites is 1. The molecule has 1 aromatic heterocycles. The van der Waals surface area contributed by atoms with E-state index in [9.17, 15) is 9.59 Å². The number of rotatable bonds is 6. The summed E-state index contributed by atoms with van der Waals surface area (Å²) in [6.07, 6.45) is 6.64. The van der Waals surface area contributed by atoms with Gasteiger partial charge < -0.3 is 4.74 Å². The fraction of sp³-hybridized carbons (Fsp3) is 0.0952. The van der Waals surface area contributed by atoms with E-state index in [-0.39, 0.29) is 12.4 Å². The number of fused-ring (bicyclic) bond motifs is 1. The first-order chi connectivity index (χ1) is 12.7. The van der Waals surface area contributed by atoms with Crippen LogP contribution in [0.5, 0.6) is 0 Å². The van der Waals surface area contributed by atoms with Crippen molar-refractivity contribution < 1.29 is 14.3 Å². The second-order valence-corrected chi connectivity index (χ2v) is 6.39. The van der Waals surface area contributed by atoms with E-state index in [1.807, 2.05) is 48.7 Å². The van der Waals surface area contributed by atoms with Crippen molar-refractivity contribution in [2.24, 2.45) is 0 Å². The highest BCUT2D eigenvalue weighted by molar-refractivity contribution is 7.98. The molecular formula is C21H17NO3S. The summed E-state index contributed by atoms with van der Waals surface area (Å²) in [7, 11) is 0. The van der Waals surface area contributed by atoms with Crippen LogP contribution in [0, 0.1) is 0 Å². The van der Waals surface area contributed by atoms with Crippen LogP contribution in [0.1, 0.15) is 15.9 Å². The molecule has 0 bridgehead atoms. The lowest BCUT2D eigenvalue weighted by atomic mass is 10.1. The molecule has 0 radical (unpaired) electrons. The van der Waals surface area contributed by atoms with Crippen LogP contribution >= 0.6 is 11.8 Å². The maximum absolute atomic E-state index is 12.1. The number of nitrogens with zero attached hydrogens (tertiary/aromatic N) is 1. The number of carbonyl (C=O) groups is 2. The minimum atomic E-state index is -0.563. The highest BCUT2D eigenvalue weighted by Crippen LogP contribution is 2.17. The van der Waals surface area contributed by atoms with Crippen molar-refractivity contribution in [2.75, 3.05) is 12.9 Å². The summed E-state index contributed by atoms with van der Waals surface area (Å²) >= 11 is 1.60. The molecule has 3 rings (SSSR count). The number of hydrogen-bond donors (Lipinski definition) is 0. The van der Waals surface area contributed by atoms with Gasteiger partial charge in [-0.1, -0.05) is 36.4 Å². The second-order valence-electron chi connectivity index (χ2n) is 5.52. The summed E-state index contributed by atoms with van der Waals surface area (Å²) in [5.41, 5.74) is 2.15. The number of carbonyl (C=O) groups excluding carboxylic acids is 2. The summed E-state index contributed by atoms with van der Waals surface area (Å²) in [6.45, 7) is -0.282. The molecule has 0 aliphatic rings. The molecule has 0 spiro atoms. The number of ether oxygens (including phenoxy) is 1. The largest absolute Gasteiger partial charge is 0.454 e. The van der Waals surface area contributed by atoms with E-state index < -0.39 is 5.97 Å². The van der Waals surface area contributed by atoms with Gasteiger partial charge in [0.1, 0.15) is 0 Å². The van der Waals surface area contributed by atoms with E-state index in [1.165, 1.54) is 6.08 Å². The molecule has 0 amide bonds. The fourth-order valence-corrected chi connectivity index (χ4v) is 2.87. The van der Waals surface area contributed by atoms with Gasteiger partial charge in [0.2, 0.25) is 0 Å². The molecule has 1 heterocycles. The molecule has 0 saturated heterocycles. The fourth-order valence-electron chi connectivity index (χ4n) is 2.47. The monoisotopic (exact) mass is 363 g/mol. The van der Waals surface area contributed by atoms with E-state index in [0.717, 1.165) is 21.4 Å². The minimum absolute atomic E-state index is 0.230. The first-order valence-electron chi connectivity index (χ1n) is 8.03. The summed E-state index contributed by atoms with van der Waals surface area (Å²) in [4.78, 5) is 29.4. The Morgan fingerprint density at radius 1 is 1.08 bits per heavy atom. The molecule has 0 atom stereocenters. The van der Waals surface area contributed by atoms with Crippen LogP contribution in [0.4, 0.5) is 0 Å². The predicted molar refractivity (Wildman–Crippen MR) is 104 cm³/mol. The van der Waals surface area contributed by atoms with Crippen LogP contribution < -0.4 is 0 Å². The minimum Gasteiger partial charge on any atom is -0.454 e. The van der Waals surface area contributed by atoms with Gasteiger partial charge in [0.15, 0.2) is 12.4 Å². The van der Waals surface area contributed by atoms with Crippen LogP contribution in [0.15, 0.2) is 71.8 Å². The molecule has 4 nitrogen and oxygen atoms in total. The van der Waals surface area contributed by atoms with E-state index in [1.54, 1.807) is 36.2 Å². The smallest absolute Gasteiger partial charge is 0.331 e. The van der Waals surface area contributed by atoms with Crippen molar-refractivity contribution in [2.45, 2.75) is 4.90 Å². The third kappa shape index (κ3) is 4.37. The Balaban J connectivity index is 1.61. The predicted octanol–water partition coefficient (Wildman–Crippen LogP) is 4.40. The Morgan fingerprint density at radius 2 is 1.85 bits per heavy atom. The molecule has 0 saturated carbocycles. The van der Waals surface area contributed by atoms with Gasteiger partial charge in [0.25, 0.3) is 0 Å². The van der Waals surface area contributed by atoms with Crippen molar-refractivity contribution in [1.29, 1.82) is 0 Å². The molecule has 0 aliphatic heterocycles. The maximum Gasteiger partial charge on any atom is 0.331 e. The van der Waals surface area contributed by atoms with Crippen LogP contribution in [0.2, 0.25) is 0 Å². The van der Waals surface area contributed by atoms with Crippen molar-refractivity contribution in [3.05, 3.63) is 78.0 Å². The Labute approximate surface area is 155 Å². The van der Waals surface area contributed by atoms with E-state index >= 15 is 0 Å². The van der Waals surface area contributed by atoms with Crippen molar-refractivity contribution in [3.63, 3.8) is 0 Å². The average Bonchev–Trinajstić information content (AvgIpc) is 2.70. The number of aromatic nitrogens is 1. The number of Topliss-reactive ketones (excluding diaryl/α,β-unsaturated/α-hetero) is 1. The number of esters is 1. The summed E-state index contributed by atoms with van der Waals surface area (Å²) in [6, 6.07) is 16.8. The van der Waals surface area contributed by atoms with Crippen LogP contribution in [0.3, 0.4) is 0 Å². The molecule has 3 aromatic rings. The molecule has 5 heteroatoms. The molecule has 130 valence electrons. The average molecular weight is 363 g/mol. The van der Waals surface area contributed by atoms with Crippen molar-refractivity contribution in [3.8, 4) is 0 Å². The van der Waals surface area contributed by atoms with Crippen LogP contribution in [-0.4, -0.2) is 29.6 Å². The van der Waals surface area contributed by atoms with Gasteiger partial charge >= 0.3 is 5.97 Å². The quantitative estimate of drug-likeness (QED) is 0.281. The number of thioether (sulfide) groups is 1. The molecule has 0 N–H and O–H groups in total. The normalized spacial score (nSPS) is 11.0. The molecular weight excluding hydrogens is 346 g/mol. The standard InChI is InChI=1S/C21H17NO3S/c1-26-18-10-7-15(8-11-18)19(23)14-25-20(24)12-9-17-5-2-4-16-6-3-13-22-21(16)17/h2-13H,14H2,1H3/b12-9+. The van der Waals surface area contributed by atoms with Gasteiger partial charge in [-0.05, 0) is 30.5 Å². The van der Waals surface area contributed by atoms with Crippen LogP contribution in [-0.2, 0) is 9.53 Å². The Morgan fingerprint density at radius 3 is 2.62 bits per heavy atom. The SMILES string of the molecule is CSc1ccc(C(=O)COC(=O)/C=C/c2cccc3cccnc23)cc1. The van der Waals surface area contributed by atoms with Gasteiger partial charge in [-0.2, -0.15) is 0 Å². The summed E-state index contributed by atoms with van der Waals surface area (Å²) in [5, 5.41) is 0.992. The van der Waals surface area contributed by atoms with E-state index in [0.29, 0.717) is 5.56 Å². The lowest BCUT2D eigenvalue weighted by molar-refractivity contribution is -0.136. The summed E-state index contributed by atoms with van der Waals surface area (Å²) < 4.78 is 5.05. The third-order valence-corrected chi connectivity index (χ3v) is 4.56. The second kappa shape index (κ2) is 8.45. The first kappa shape index (κ1) is 17.9. The zero-order valence-electron chi connectivity index (χ0n) is 14.2. The summed E-state index contributed by atoms with van der Waals surface area (Å²) in [5.74, 6) is -0.793. The van der Waals surface area contributed by atoms with Gasteiger partial charge in [-0.3, -0.25) is 9.78 Å². The molecule has 0 unspecified atom stereocenters. The molecule has 0 aliphatic carbocycles. The number of hydrogen-bond acceptors (Lipinski definition) is 5.